The highest BCUT2D eigenvalue weighted by atomic mass is 32.2. The summed E-state index contributed by atoms with van der Waals surface area (Å²) in [4.78, 5) is 10.5. The molecule has 0 aromatic heterocycles. The number of amides is 1. The molecule has 1 saturated carbocycles. The summed E-state index contributed by atoms with van der Waals surface area (Å²) in [7, 11) is 0. The minimum absolute atomic E-state index is 0.258. The predicted molar refractivity (Wildman–Crippen MR) is 56.8 cm³/mol. The van der Waals surface area contributed by atoms with Crippen LogP contribution in [0, 0.1) is 0 Å². The summed E-state index contributed by atoms with van der Waals surface area (Å²) >= 11 is 2.02. The molecule has 13 heavy (non-hydrogen) atoms. The van der Waals surface area contributed by atoms with Gasteiger partial charge in [0, 0.05) is 11.3 Å². The second-order valence-electron chi connectivity index (χ2n) is 3.43. The highest BCUT2D eigenvalue weighted by molar-refractivity contribution is 7.99. The number of hydrogen-bond acceptors (Lipinski definition) is 3. The van der Waals surface area contributed by atoms with E-state index in [1.54, 1.807) is 0 Å². The highest BCUT2D eigenvalue weighted by Crippen LogP contribution is 2.29. The molecule has 0 aromatic rings. The van der Waals surface area contributed by atoms with Crippen LogP contribution in [-0.4, -0.2) is 29.5 Å². The largest absolute Gasteiger partial charge is 0.369 e. The van der Waals surface area contributed by atoms with Crippen molar-refractivity contribution in [2.75, 3.05) is 12.3 Å². The van der Waals surface area contributed by atoms with Gasteiger partial charge in [-0.3, -0.25) is 4.79 Å². The maximum atomic E-state index is 10.5. The second-order valence-corrected chi connectivity index (χ2v) is 5.01. The first-order valence-electron chi connectivity index (χ1n) is 4.85. The quantitative estimate of drug-likeness (QED) is 0.691. The van der Waals surface area contributed by atoms with E-state index in [9.17, 15) is 4.79 Å². The summed E-state index contributed by atoms with van der Waals surface area (Å²) in [6, 6.07) is 0.511. The van der Waals surface area contributed by atoms with Gasteiger partial charge in [-0.25, -0.2) is 0 Å². The molecule has 3 nitrogen and oxygen atoms in total. The Kier molecular flexibility index (Phi) is 4.59. The van der Waals surface area contributed by atoms with E-state index in [1.165, 1.54) is 25.0 Å². The zero-order valence-corrected chi connectivity index (χ0v) is 8.90. The fourth-order valence-corrected chi connectivity index (χ4v) is 2.90. The summed E-state index contributed by atoms with van der Waals surface area (Å²) in [5.74, 6) is 0.930. The Morgan fingerprint density at radius 2 is 2.38 bits per heavy atom. The molecule has 0 bridgehead atoms. The van der Waals surface area contributed by atoms with E-state index in [0.717, 1.165) is 5.25 Å². The van der Waals surface area contributed by atoms with E-state index in [4.69, 9.17) is 5.73 Å². The molecule has 1 amide bonds. The second kappa shape index (κ2) is 5.50. The van der Waals surface area contributed by atoms with Crippen LogP contribution in [0.4, 0.5) is 0 Å². The average Bonchev–Trinajstić information content (AvgIpc) is 2.50. The molecule has 1 rings (SSSR count). The third-order valence-electron chi connectivity index (χ3n) is 2.35. The maximum absolute atomic E-state index is 10.5. The monoisotopic (exact) mass is 202 g/mol. The smallest absolute Gasteiger partial charge is 0.231 e. The summed E-state index contributed by atoms with van der Waals surface area (Å²) in [6.07, 6.45) is 3.64. The first-order chi connectivity index (χ1) is 6.22. The third kappa shape index (κ3) is 4.00. The lowest BCUT2D eigenvalue weighted by atomic mass is 10.2. The van der Waals surface area contributed by atoms with Crippen molar-refractivity contribution in [3.05, 3.63) is 0 Å². The van der Waals surface area contributed by atoms with Gasteiger partial charge in [0.25, 0.3) is 0 Å². The van der Waals surface area contributed by atoms with Crippen LogP contribution < -0.4 is 11.1 Å². The van der Waals surface area contributed by atoms with Gasteiger partial charge >= 0.3 is 0 Å². The Labute approximate surface area is 83.8 Å². The van der Waals surface area contributed by atoms with Gasteiger partial charge in [-0.2, -0.15) is 11.8 Å². The van der Waals surface area contributed by atoms with Gasteiger partial charge in [-0.15, -0.1) is 0 Å². The molecule has 0 radical (unpaired) electrons. The first kappa shape index (κ1) is 10.9. The van der Waals surface area contributed by atoms with Crippen LogP contribution in [0.15, 0.2) is 0 Å². The molecule has 76 valence electrons. The molecule has 4 heteroatoms. The zero-order valence-electron chi connectivity index (χ0n) is 8.08. The van der Waals surface area contributed by atoms with E-state index < -0.39 is 0 Å². The molecular weight excluding hydrogens is 184 g/mol. The molecule has 0 aliphatic heterocycles. The zero-order chi connectivity index (χ0) is 9.68. The number of primary amides is 1. The van der Waals surface area contributed by atoms with Crippen molar-refractivity contribution in [2.24, 2.45) is 5.73 Å². The third-order valence-corrected chi connectivity index (χ3v) is 3.58. The molecule has 0 saturated heterocycles. The van der Waals surface area contributed by atoms with Crippen LogP contribution in [0.1, 0.15) is 26.2 Å². The standard InChI is InChI=1S/C9H18N2OS/c1-2-13-8-4-3-7(5-8)11-6-9(10)12/h7-8,11H,2-6H2,1H3,(H2,10,12). The number of rotatable bonds is 5. The SMILES string of the molecule is CCSC1CCC(NCC(N)=O)C1. The molecule has 1 aliphatic carbocycles. The molecule has 3 N–H and O–H groups in total. The molecule has 0 aromatic carbocycles. The summed E-state index contributed by atoms with van der Waals surface area (Å²) in [6.45, 7) is 2.52. The van der Waals surface area contributed by atoms with Crippen molar-refractivity contribution >= 4 is 17.7 Å². The maximum Gasteiger partial charge on any atom is 0.231 e. The van der Waals surface area contributed by atoms with E-state index >= 15 is 0 Å². The number of carbonyl (C=O) groups is 1. The number of nitrogens with one attached hydrogen (secondary N) is 1. The normalized spacial score (nSPS) is 27.8. The topological polar surface area (TPSA) is 55.1 Å². The van der Waals surface area contributed by atoms with Crippen molar-refractivity contribution in [3.63, 3.8) is 0 Å². The van der Waals surface area contributed by atoms with E-state index in [1.807, 2.05) is 11.8 Å². The van der Waals surface area contributed by atoms with Crippen LogP contribution in [0.3, 0.4) is 0 Å². The van der Waals surface area contributed by atoms with Crippen LogP contribution in [-0.2, 0) is 4.79 Å². The Balaban J connectivity index is 2.13. The van der Waals surface area contributed by atoms with Gasteiger partial charge in [-0.05, 0) is 25.0 Å². The Hall–Kier alpha value is -0.220. The lowest BCUT2D eigenvalue weighted by molar-refractivity contribution is -0.117. The van der Waals surface area contributed by atoms with Gasteiger partial charge in [0.2, 0.25) is 5.91 Å². The molecule has 0 spiro atoms. The minimum Gasteiger partial charge on any atom is -0.369 e. The first-order valence-corrected chi connectivity index (χ1v) is 5.90. The summed E-state index contributed by atoms with van der Waals surface area (Å²) < 4.78 is 0. The Morgan fingerprint density at radius 3 is 3.00 bits per heavy atom. The minimum atomic E-state index is -0.258. The van der Waals surface area contributed by atoms with Gasteiger partial charge < -0.3 is 11.1 Å². The van der Waals surface area contributed by atoms with Crippen LogP contribution in [0.5, 0.6) is 0 Å². The van der Waals surface area contributed by atoms with Crippen molar-refractivity contribution in [1.82, 2.24) is 5.32 Å². The summed E-state index contributed by atoms with van der Waals surface area (Å²) in [5, 5.41) is 3.97. The van der Waals surface area contributed by atoms with Gasteiger partial charge in [0.1, 0.15) is 0 Å². The van der Waals surface area contributed by atoms with Crippen molar-refractivity contribution in [2.45, 2.75) is 37.5 Å². The van der Waals surface area contributed by atoms with Crippen LogP contribution >= 0.6 is 11.8 Å². The molecule has 2 atom stereocenters. The van der Waals surface area contributed by atoms with Crippen molar-refractivity contribution in [1.29, 1.82) is 0 Å². The predicted octanol–water partition coefficient (Wildman–Crippen LogP) is 0.736. The lowest BCUT2D eigenvalue weighted by Gasteiger charge is -2.11. The van der Waals surface area contributed by atoms with Crippen LogP contribution in [0.2, 0.25) is 0 Å². The fourth-order valence-electron chi connectivity index (χ4n) is 1.76. The average molecular weight is 202 g/mol. The molecular formula is C9H18N2OS. The van der Waals surface area contributed by atoms with E-state index in [-0.39, 0.29) is 5.91 Å². The van der Waals surface area contributed by atoms with Gasteiger partial charge in [-0.1, -0.05) is 6.92 Å². The van der Waals surface area contributed by atoms with Gasteiger partial charge in [0.15, 0.2) is 0 Å². The number of hydrogen-bond donors (Lipinski definition) is 2. The van der Waals surface area contributed by atoms with Gasteiger partial charge in [0.05, 0.1) is 6.54 Å². The Morgan fingerprint density at radius 1 is 1.62 bits per heavy atom. The molecule has 1 fully saturated rings. The highest BCUT2D eigenvalue weighted by Gasteiger charge is 2.23. The summed E-state index contributed by atoms with van der Waals surface area (Å²) in [5.41, 5.74) is 5.06. The van der Waals surface area contributed by atoms with Crippen LogP contribution in [0.25, 0.3) is 0 Å². The lowest BCUT2D eigenvalue weighted by Crippen LogP contribution is -2.35. The number of carbonyl (C=O) groups excluding carboxylic acids is 1. The van der Waals surface area contributed by atoms with E-state index in [2.05, 4.69) is 12.2 Å². The van der Waals surface area contributed by atoms with Crippen molar-refractivity contribution in [3.8, 4) is 0 Å². The van der Waals surface area contributed by atoms with Crippen molar-refractivity contribution < 1.29 is 4.79 Å². The Bertz CT molecular complexity index is 175. The molecule has 1 aliphatic rings. The van der Waals surface area contributed by atoms with E-state index in [0.29, 0.717) is 12.6 Å². The molecule has 2 unspecified atom stereocenters. The fraction of sp³-hybridized carbons (Fsp3) is 0.889. The number of nitrogens with two attached hydrogens (primary N) is 1. The number of thioether (sulfide) groups is 1. The molecule has 0 heterocycles.